The number of aliphatic imine (C=N–C) groups is 1. The summed E-state index contributed by atoms with van der Waals surface area (Å²) in [6, 6.07) is 10.1. The summed E-state index contributed by atoms with van der Waals surface area (Å²) in [6.07, 6.45) is 3.53. The van der Waals surface area contributed by atoms with Crippen molar-refractivity contribution in [2.75, 3.05) is 6.54 Å². The smallest absolute Gasteiger partial charge is 0.192 e. The zero-order valence-electron chi connectivity index (χ0n) is 13.3. The van der Waals surface area contributed by atoms with Crippen molar-refractivity contribution >= 4 is 29.9 Å². The fraction of sp³-hybridized carbons (Fsp3) is 0.312. The van der Waals surface area contributed by atoms with E-state index in [1.54, 1.807) is 12.4 Å². The van der Waals surface area contributed by atoms with Crippen LogP contribution in [0.4, 0.5) is 0 Å². The summed E-state index contributed by atoms with van der Waals surface area (Å²) in [4.78, 5) is 4.58. The van der Waals surface area contributed by atoms with Crippen molar-refractivity contribution < 1.29 is 0 Å². The lowest BCUT2D eigenvalue weighted by Crippen LogP contribution is -2.37. The van der Waals surface area contributed by atoms with Gasteiger partial charge in [-0.15, -0.1) is 40.8 Å². The lowest BCUT2D eigenvalue weighted by molar-refractivity contribution is 0.671. The SMILES string of the molecule is C=CCNC(=NCc1ccccc1)NCc1nncn1CC.I. The van der Waals surface area contributed by atoms with Gasteiger partial charge >= 0.3 is 0 Å². The van der Waals surface area contributed by atoms with Gasteiger partial charge < -0.3 is 15.2 Å². The Kier molecular flexibility index (Phi) is 8.96. The van der Waals surface area contributed by atoms with Gasteiger partial charge in [-0.3, -0.25) is 0 Å². The van der Waals surface area contributed by atoms with Crippen LogP contribution in [0.3, 0.4) is 0 Å². The van der Waals surface area contributed by atoms with Crippen LogP contribution in [-0.4, -0.2) is 27.3 Å². The van der Waals surface area contributed by atoms with Gasteiger partial charge in [0.15, 0.2) is 11.8 Å². The standard InChI is InChI=1S/C16H22N6.HI/c1-3-10-17-16(18-11-14-8-6-5-7-9-14)19-12-15-21-20-13-22(15)4-2;/h3,5-9,13H,1,4,10-12H2,2H3,(H2,17,18,19);1H. The number of rotatable bonds is 7. The molecule has 0 aliphatic carbocycles. The van der Waals surface area contributed by atoms with E-state index in [1.807, 2.05) is 22.8 Å². The van der Waals surface area contributed by atoms with Crippen LogP contribution in [0.15, 0.2) is 54.3 Å². The zero-order chi connectivity index (χ0) is 15.6. The first-order chi connectivity index (χ1) is 10.8. The molecule has 0 bridgehead atoms. The van der Waals surface area contributed by atoms with Gasteiger partial charge in [-0.1, -0.05) is 36.4 Å². The van der Waals surface area contributed by atoms with E-state index in [-0.39, 0.29) is 24.0 Å². The van der Waals surface area contributed by atoms with Gasteiger partial charge in [0.2, 0.25) is 0 Å². The van der Waals surface area contributed by atoms with Crippen LogP contribution in [0.2, 0.25) is 0 Å². The predicted molar refractivity (Wildman–Crippen MR) is 104 cm³/mol. The second-order valence-electron chi connectivity index (χ2n) is 4.71. The molecule has 0 spiro atoms. The molecule has 0 aliphatic rings. The second-order valence-corrected chi connectivity index (χ2v) is 4.71. The highest BCUT2D eigenvalue weighted by Gasteiger charge is 2.04. The van der Waals surface area contributed by atoms with Crippen molar-refractivity contribution in [3.05, 3.63) is 60.7 Å². The first-order valence-electron chi connectivity index (χ1n) is 7.37. The van der Waals surface area contributed by atoms with Crippen molar-refractivity contribution in [2.45, 2.75) is 26.6 Å². The number of aromatic nitrogens is 3. The Morgan fingerprint density at radius 3 is 2.78 bits per heavy atom. The molecule has 1 aromatic carbocycles. The van der Waals surface area contributed by atoms with Crippen molar-refractivity contribution in [2.24, 2.45) is 4.99 Å². The minimum absolute atomic E-state index is 0. The maximum atomic E-state index is 4.58. The fourth-order valence-corrected chi connectivity index (χ4v) is 1.94. The molecule has 0 fully saturated rings. The van der Waals surface area contributed by atoms with E-state index in [9.17, 15) is 0 Å². The van der Waals surface area contributed by atoms with E-state index in [1.165, 1.54) is 5.56 Å². The Bertz CT molecular complexity index is 608. The molecule has 1 heterocycles. The first-order valence-corrected chi connectivity index (χ1v) is 7.37. The normalized spacial score (nSPS) is 10.7. The lowest BCUT2D eigenvalue weighted by atomic mass is 10.2. The van der Waals surface area contributed by atoms with Crippen molar-refractivity contribution in [3.63, 3.8) is 0 Å². The maximum Gasteiger partial charge on any atom is 0.192 e. The van der Waals surface area contributed by atoms with E-state index < -0.39 is 0 Å². The fourth-order valence-electron chi connectivity index (χ4n) is 1.94. The van der Waals surface area contributed by atoms with E-state index in [0.717, 1.165) is 18.3 Å². The molecule has 2 N–H and O–H groups in total. The molecule has 23 heavy (non-hydrogen) atoms. The van der Waals surface area contributed by atoms with Crippen molar-refractivity contribution in [1.82, 2.24) is 25.4 Å². The maximum absolute atomic E-state index is 4.58. The Labute approximate surface area is 154 Å². The summed E-state index contributed by atoms with van der Waals surface area (Å²) < 4.78 is 2.00. The quantitative estimate of drug-likeness (QED) is 0.309. The molecule has 0 aliphatic heterocycles. The van der Waals surface area contributed by atoms with E-state index in [4.69, 9.17) is 0 Å². The summed E-state index contributed by atoms with van der Waals surface area (Å²) in [6.45, 7) is 8.47. The first kappa shape index (κ1) is 19.1. The van der Waals surface area contributed by atoms with Gasteiger partial charge in [0.05, 0.1) is 13.1 Å². The number of hydrogen-bond donors (Lipinski definition) is 2. The van der Waals surface area contributed by atoms with Crippen LogP contribution in [0.1, 0.15) is 18.3 Å². The Morgan fingerprint density at radius 1 is 1.30 bits per heavy atom. The van der Waals surface area contributed by atoms with Crippen LogP contribution < -0.4 is 10.6 Å². The summed E-state index contributed by atoms with van der Waals surface area (Å²) in [5.41, 5.74) is 1.17. The van der Waals surface area contributed by atoms with Gasteiger partial charge in [0.25, 0.3) is 0 Å². The number of nitrogens with zero attached hydrogens (tertiary/aromatic N) is 4. The van der Waals surface area contributed by atoms with E-state index >= 15 is 0 Å². The molecule has 0 atom stereocenters. The molecule has 2 rings (SSSR count). The molecule has 0 saturated heterocycles. The van der Waals surface area contributed by atoms with Crippen LogP contribution in [0, 0.1) is 0 Å². The Morgan fingerprint density at radius 2 is 2.09 bits per heavy atom. The number of halogens is 1. The Hall–Kier alpha value is -1.90. The number of benzene rings is 1. The average molecular weight is 426 g/mol. The van der Waals surface area contributed by atoms with Crippen LogP contribution in [0.25, 0.3) is 0 Å². The summed E-state index contributed by atoms with van der Waals surface area (Å²) in [5, 5.41) is 14.5. The molecule has 7 heteroatoms. The minimum atomic E-state index is 0. The minimum Gasteiger partial charge on any atom is -0.353 e. The van der Waals surface area contributed by atoms with Crippen molar-refractivity contribution in [1.29, 1.82) is 0 Å². The molecule has 0 radical (unpaired) electrons. The third kappa shape index (κ3) is 6.39. The Balaban J connectivity index is 0.00000264. The molecule has 2 aromatic rings. The number of nitrogens with one attached hydrogen (secondary N) is 2. The van der Waals surface area contributed by atoms with E-state index in [2.05, 4.69) is 51.5 Å². The van der Waals surface area contributed by atoms with E-state index in [0.29, 0.717) is 19.6 Å². The molecular weight excluding hydrogens is 403 g/mol. The van der Waals surface area contributed by atoms with Crippen LogP contribution in [0.5, 0.6) is 0 Å². The number of guanidine groups is 1. The van der Waals surface area contributed by atoms with Gasteiger partial charge in [0, 0.05) is 13.1 Å². The number of hydrogen-bond acceptors (Lipinski definition) is 3. The van der Waals surface area contributed by atoms with Crippen molar-refractivity contribution in [3.8, 4) is 0 Å². The highest BCUT2D eigenvalue weighted by atomic mass is 127. The highest BCUT2D eigenvalue weighted by Crippen LogP contribution is 2.00. The third-order valence-electron chi connectivity index (χ3n) is 3.13. The molecule has 124 valence electrons. The summed E-state index contributed by atoms with van der Waals surface area (Å²) in [7, 11) is 0. The van der Waals surface area contributed by atoms with Crippen LogP contribution in [-0.2, 0) is 19.6 Å². The topological polar surface area (TPSA) is 67.1 Å². The monoisotopic (exact) mass is 426 g/mol. The van der Waals surface area contributed by atoms with Gasteiger partial charge in [0.1, 0.15) is 6.33 Å². The largest absolute Gasteiger partial charge is 0.353 e. The molecule has 0 unspecified atom stereocenters. The van der Waals surface area contributed by atoms with Gasteiger partial charge in [-0.05, 0) is 12.5 Å². The second kappa shape index (κ2) is 10.8. The highest BCUT2D eigenvalue weighted by molar-refractivity contribution is 14.0. The molecule has 6 nitrogen and oxygen atoms in total. The summed E-state index contributed by atoms with van der Waals surface area (Å²) >= 11 is 0. The third-order valence-corrected chi connectivity index (χ3v) is 3.13. The molecule has 0 amide bonds. The number of aryl methyl sites for hydroxylation is 1. The van der Waals surface area contributed by atoms with Gasteiger partial charge in [-0.25, -0.2) is 4.99 Å². The average Bonchev–Trinajstić information content (AvgIpc) is 3.02. The lowest BCUT2D eigenvalue weighted by Gasteiger charge is -2.11. The van der Waals surface area contributed by atoms with Crippen LogP contribution >= 0.6 is 24.0 Å². The van der Waals surface area contributed by atoms with Gasteiger partial charge in [-0.2, -0.15) is 0 Å². The molecule has 1 aromatic heterocycles. The zero-order valence-corrected chi connectivity index (χ0v) is 15.6. The molecule has 0 saturated carbocycles. The predicted octanol–water partition coefficient (Wildman–Crippen LogP) is 2.34. The molecular formula is C16H23IN6. The summed E-state index contributed by atoms with van der Waals surface area (Å²) in [5.74, 6) is 1.62.